The van der Waals surface area contributed by atoms with Gasteiger partial charge in [0.2, 0.25) is 0 Å². The van der Waals surface area contributed by atoms with Crippen molar-refractivity contribution >= 4 is 31.3 Å². The Morgan fingerprint density at radius 2 is 2.07 bits per heavy atom. The van der Waals surface area contributed by atoms with Crippen molar-refractivity contribution in [1.82, 2.24) is 4.90 Å². The number of rotatable bonds is 5. The van der Waals surface area contributed by atoms with Crippen molar-refractivity contribution in [2.24, 2.45) is 0 Å². The van der Waals surface area contributed by atoms with E-state index in [-0.39, 0.29) is 0 Å². The Hall–Kier alpha value is 0.297. The lowest BCUT2D eigenvalue weighted by Crippen LogP contribution is -2.28. The summed E-state index contributed by atoms with van der Waals surface area (Å²) in [6.07, 6.45) is 3.69. The lowest BCUT2D eigenvalue weighted by atomic mass is 10.4. The van der Waals surface area contributed by atoms with Gasteiger partial charge in [-0.25, -0.2) is 0 Å². The van der Waals surface area contributed by atoms with E-state index in [1.807, 2.05) is 11.1 Å². The predicted molar refractivity (Wildman–Crippen MR) is 69.3 cm³/mol. The van der Waals surface area contributed by atoms with E-state index in [0.29, 0.717) is 13.3 Å². The fourth-order valence-corrected chi connectivity index (χ4v) is 2.42. The molecule has 0 aromatic rings. The summed E-state index contributed by atoms with van der Waals surface area (Å²) in [5, 5.41) is 0. The summed E-state index contributed by atoms with van der Waals surface area (Å²) in [5.41, 5.74) is 0. The van der Waals surface area contributed by atoms with E-state index in [0.717, 1.165) is 6.61 Å². The van der Waals surface area contributed by atoms with Crippen molar-refractivity contribution in [2.45, 2.75) is 30.0 Å². The Morgan fingerprint density at radius 1 is 1.40 bits per heavy atom. The van der Waals surface area contributed by atoms with Crippen LogP contribution in [0.2, 0.25) is 25.7 Å². The summed E-state index contributed by atoms with van der Waals surface area (Å²) in [6.45, 7) is 9.06. The molecule has 1 aliphatic rings. The first-order valence-electron chi connectivity index (χ1n) is 5.18. The number of alkyl halides is 2. The van der Waals surface area contributed by atoms with E-state index in [4.69, 9.17) is 27.9 Å². The van der Waals surface area contributed by atoms with Crippen LogP contribution in [0, 0.1) is 0 Å². The second-order valence-electron chi connectivity index (χ2n) is 5.17. The van der Waals surface area contributed by atoms with E-state index < -0.39 is 12.4 Å². The van der Waals surface area contributed by atoms with Gasteiger partial charge < -0.3 is 9.64 Å². The van der Waals surface area contributed by atoms with Gasteiger partial charge in [-0.1, -0.05) is 42.8 Å². The number of halogens is 2. The molecular weight excluding hydrogens is 249 g/mol. The molecule has 2 nitrogen and oxygen atoms in total. The van der Waals surface area contributed by atoms with Gasteiger partial charge in [0.25, 0.3) is 0 Å². The maximum Gasteiger partial charge on any atom is 0.155 e. The van der Waals surface area contributed by atoms with Crippen molar-refractivity contribution in [2.75, 3.05) is 19.9 Å². The topological polar surface area (TPSA) is 12.5 Å². The van der Waals surface area contributed by atoms with E-state index in [1.54, 1.807) is 6.08 Å². The van der Waals surface area contributed by atoms with Crippen LogP contribution in [0.5, 0.6) is 0 Å². The molecule has 0 unspecified atom stereocenters. The fourth-order valence-electron chi connectivity index (χ4n) is 1.24. The molecule has 1 heterocycles. The van der Waals surface area contributed by atoms with Crippen molar-refractivity contribution in [3.05, 3.63) is 12.3 Å². The molecule has 0 aromatic carbocycles. The third-order valence-corrected chi connectivity index (χ3v) is 4.39. The highest BCUT2D eigenvalue weighted by molar-refractivity contribution is 6.76. The van der Waals surface area contributed by atoms with Gasteiger partial charge in [0.1, 0.15) is 6.73 Å². The van der Waals surface area contributed by atoms with Crippen molar-refractivity contribution in [3.8, 4) is 0 Å². The van der Waals surface area contributed by atoms with Gasteiger partial charge in [-0.15, -0.1) is 0 Å². The molecule has 0 saturated carbocycles. The molecule has 0 spiro atoms. The second-order valence-corrected chi connectivity index (χ2v) is 12.3. The van der Waals surface area contributed by atoms with E-state index in [2.05, 4.69) is 19.6 Å². The van der Waals surface area contributed by atoms with Crippen LogP contribution < -0.4 is 0 Å². The van der Waals surface area contributed by atoms with Crippen molar-refractivity contribution in [1.29, 1.82) is 0 Å². The molecule has 1 rings (SSSR count). The van der Waals surface area contributed by atoms with E-state index >= 15 is 0 Å². The average Bonchev–Trinajstić information content (AvgIpc) is 2.38. The SMILES string of the molecule is C[Si](C)(C)CCOCN1C=CC(Cl)(Cl)C1. The van der Waals surface area contributed by atoms with E-state index in [9.17, 15) is 0 Å². The smallest absolute Gasteiger partial charge is 0.155 e. The lowest BCUT2D eigenvalue weighted by molar-refractivity contribution is 0.0663. The summed E-state index contributed by atoms with van der Waals surface area (Å²) >= 11 is 11.9. The molecule has 0 saturated heterocycles. The van der Waals surface area contributed by atoms with Crippen LogP contribution in [-0.4, -0.2) is 37.2 Å². The van der Waals surface area contributed by atoms with Crippen molar-refractivity contribution in [3.63, 3.8) is 0 Å². The van der Waals surface area contributed by atoms with Crippen LogP contribution in [0.3, 0.4) is 0 Å². The first kappa shape index (κ1) is 13.4. The third kappa shape index (κ3) is 5.81. The largest absolute Gasteiger partial charge is 0.361 e. The summed E-state index contributed by atoms with van der Waals surface area (Å²) in [4.78, 5) is 1.99. The first-order valence-corrected chi connectivity index (χ1v) is 9.64. The summed E-state index contributed by atoms with van der Waals surface area (Å²) in [7, 11) is -0.976. The summed E-state index contributed by atoms with van der Waals surface area (Å²) in [6, 6.07) is 1.19. The van der Waals surface area contributed by atoms with Crippen LogP contribution >= 0.6 is 23.2 Å². The molecular formula is C10H19Cl2NOSi. The van der Waals surface area contributed by atoms with Gasteiger partial charge in [-0.2, -0.15) is 0 Å². The highest BCUT2D eigenvalue weighted by Gasteiger charge is 2.28. The third-order valence-electron chi connectivity index (χ3n) is 2.20. The van der Waals surface area contributed by atoms with Gasteiger partial charge >= 0.3 is 0 Å². The van der Waals surface area contributed by atoms with Gasteiger partial charge in [0, 0.05) is 20.9 Å². The monoisotopic (exact) mass is 267 g/mol. The van der Waals surface area contributed by atoms with Gasteiger partial charge in [0.15, 0.2) is 4.33 Å². The standard InChI is InChI=1S/C10H19Cl2NOSi/c1-15(2,3)7-6-14-9-13-5-4-10(11,12)8-13/h4-5H,6-9H2,1-3H3. The number of hydrogen-bond donors (Lipinski definition) is 0. The van der Waals surface area contributed by atoms with Crippen LogP contribution in [-0.2, 0) is 4.74 Å². The molecule has 0 N–H and O–H groups in total. The average molecular weight is 268 g/mol. The molecule has 0 aliphatic carbocycles. The van der Waals surface area contributed by atoms with Gasteiger partial charge in [0.05, 0.1) is 6.54 Å². The second kappa shape index (κ2) is 5.08. The van der Waals surface area contributed by atoms with Crippen LogP contribution in [0.25, 0.3) is 0 Å². The maximum atomic E-state index is 5.94. The zero-order valence-corrected chi connectivity index (χ0v) is 12.1. The van der Waals surface area contributed by atoms with Crippen LogP contribution in [0.1, 0.15) is 0 Å². The van der Waals surface area contributed by atoms with Crippen LogP contribution in [0.15, 0.2) is 12.3 Å². The van der Waals surface area contributed by atoms with Gasteiger partial charge in [-0.3, -0.25) is 0 Å². The molecule has 1 aliphatic heterocycles. The summed E-state index contributed by atoms with van der Waals surface area (Å²) < 4.78 is 4.85. The Kier molecular flexibility index (Phi) is 4.53. The Balaban J connectivity index is 2.10. The molecule has 15 heavy (non-hydrogen) atoms. The molecule has 0 aromatic heterocycles. The Bertz CT molecular complexity index is 238. The highest BCUT2D eigenvalue weighted by atomic mass is 35.5. The maximum absolute atomic E-state index is 5.94. The first-order chi connectivity index (χ1) is 6.79. The minimum Gasteiger partial charge on any atom is -0.361 e. The Morgan fingerprint density at radius 3 is 2.53 bits per heavy atom. The number of nitrogens with zero attached hydrogens (tertiary/aromatic N) is 1. The molecule has 5 heteroatoms. The predicted octanol–water partition coefficient (Wildman–Crippen LogP) is 3.30. The molecule has 0 atom stereocenters. The number of hydrogen-bond acceptors (Lipinski definition) is 2. The van der Waals surface area contributed by atoms with Gasteiger partial charge in [-0.05, 0) is 12.1 Å². The zero-order valence-electron chi connectivity index (χ0n) is 9.59. The number of ether oxygens (including phenoxy) is 1. The fraction of sp³-hybridized carbons (Fsp3) is 0.800. The lowest BCUT2D eigenvalue weighted by Gasteiger charge is -2.20. The molecule has 88 valence electrons. The quantitative estimate of drug-likeness (QED) is 0.431. The van der Waals surface area contributed by atoms with Crippen LogP contribution in [0.4, 0.5) is 0 Å². The highest BCUT2D eigenvalue weighted by Crippen LogP contribution is 2.28. The molecule has 0 bridgehead atoms. The molecule has 0 radical (unpaired) electrons. The minimum atomic E-state index is -0.976. The minimum absolute atomic E-state index is 0.585. The Labute approximate surface area is 103 Å². The summed E-state index contributed by atoms with van der Waals surface area (Å²) in [5.74, 6) is 0. The normalized spacial score (nSPS) is 19.9. The molecule has 0 fully saturated rings. The van der Waals surface area contributed by atoms with Crippen molar-refractivity contribution < 1.29 is 4.74 Å². The molecule has 0 amide bonds. The zero-order chi connectivity index (χ0) is 11.5. The van der Waals surface area contributed by atoms with E-state index in [1.165, 1.54) is 6.04 Å².